The number of benzene rings is 1. The maximum atomic E-state index is 10.7. The molecule has 1 aliphatic rings. The van der Waals surface area contributed by atoms with Crippen LogP contribution in [0.15, 0.2) is 47.7 Å². The van der Waals surface area contributed by atoms with Gasteiger partial charge in [0.1, 0.15) is 0 Å². The minimum absolute atomic E-state index is 0. The van der Waals surface area contributed by atoms with Crippen molar-refractivity contribution in [2.75, 3.05) is 32.8 Å². The highest BCUT2D eigenvalue weighted by Gasteiger charge is 2.29. The number of nitrogens with zero attached hydrogens (tertiary/aromatic N) is 3. The highest BCUT2D eigenvalue weighted by atomic mass is 127. The fourth-order valence-electron chi connectivity index (χ4n) is 3.18. The molecule has 2 aromatic rings. The first kappa shape index (κ1) is 23.9. The second kappa shape index (κ2) is 11.7. The molecule has 1 saturated heterocycles. The summed E-state index contributed by atoms with van der Waals surface area (Å²) in [6.07, 6.45) is 4.92. The van der Waals surface area contributed by atoms with Gasteiger partial charge in [0.25, 0.3) is 0 Å². The zero-order valence-corrected chi connectivity index (χ0v) is 19.6. The number of rotatable bonds is 7. The largest absolute Gasteiger partial charge is 0.388 e. The molecule has 3 N–H and O–H groups in total. The molecule has 3 rings (SSSR count). The Morgan fingerprint density at radius 3 is 2.66 bits per heavy atom. The van der Waals surface area contributed by atoms with Crippen molar-refractivity contribution in [3.05, 3.63) is 53.3 Å². The van der Waals surface area contributed by atoms with E-state index in [2.05, 4.69) is 20.7 Å². The minimum atomic E-state index is -0.793. The molecule has 1 aromatic carbocycles. The Labute approximate surface area is 193 Å². The first-order valence-corrected chi connectivity index (χ1v) is 10.0. The summed E-state index contributed by atoms with van der Waals surface area (Å²) in [6.45, 7) is 4.85. The van der Waals surface area contributed by atoms with Gasteiger partial charge in [-0.15, -0.1) is 24.0 Å². The van der Waals surface area contributed by atoms with Gasteiger partial charge in [-0.1, -0.05) is 23.7 Å². The standard InChI is InChI=1S/C20H28ClN5O2.HI/c1-2-22-19(24-15-20(27)8-12-28-13-9-20)23-14-18(26-11-3-10-25-26)16-4-6-17(21)7-5-16;/h3-7,10-11,18,27H,2,8-9,12-15H2,1H3,(H2,22,23,24);1H. The Balaban J connectivity index is 0.00000300. The molecule has 7 nitrogen and oxygen atoms in total. The average Bonchev–Trinajstić information content (AvgIpc) is 3.22. The van der Waals surface area contributed by atoms with Crippen LogP contribution >= 0.6 is 35.6 Å². The molecule has 1 unspecified atom stereocenters. The van der Waals surface area contributed by atoms with Crippen molar-refractivity contribution in [1.29, 1.82) is 0 Å². The van der Waals surface area contributed by atoms with Crippen LogP contribution in [0, 0.1) is 0 Å². The van der Waals surface area contributed by atoms with E-state index in [1.165, 1.54) is 0 Å². The van der Waals surface area contributed by atoms with Crippen LogP contribution < -0.4 is 10.6 Å². The van der Waals surface area contributed by atoms with Crippen molar-refractivity contribution in [2.24, 2.45) is 4.99 Å². The second-order valence-electron chi connectivity index (χ2n) is 6.97. The first-order chi connectivity index (χ1) is 13.6. The monoisotopic (exact) mass is 533 g/mol. The summed E-state index contributed by atoms with van der Waals surface area (Å²) in [6, 6.07) is 9.67. The predicted molar refractivity (Wildman–Crippen MR) is 126 cm³/mol. The highest BCUT2D eigenvalue weighted by molar-refractivity contribution is 14.0. The fourth-order valence-corrected chi connectivity index (χ4v) is 3.31. The van der Waals surface area contributed by atoms with Crippen molar-refractivity contribution in [1.82, 2.24) is 20.4 Å². The summed E-state index contributed by atoms with van der Waals surface area (Å²) in [5.41, 5.74) is 0.303. The van der Waals surface area contributed by atoms with Crippen LogP contribution in [0.2, 0.25) is 5.02 Å². The number of aliphatic hydroxyl groups is 1. The van der Waals surface area contributed by atoms with Gasteiger partial charge < -0.3 is 20.5 Å². The van der Waals surface area contributed by atoms with E-state index in [1.54, 1.807) is 6.20 Å². The third-order valence-electron chi connectivity index (χ3n) is 4.86. The molecule has 1 aliphatic heterocycles. The average molecular weight is 534 g/mol. The van der Waals surface area contributed by atoms with Crippen LogP contribution in [0.4, 0.5) is 0 Å². The molecule has 0 bridgehead atoms. The number of nitrogens with one attached hydrogen (secondary N) is 2. The third-order valence-corrected chi connectivity index (χ3v) is 5.11. The molecular weight excluding hydrogens is 505 g/mol. The second-order valence-corrected chi connectivity index (χ2v) is 7.40. The Bertz CT molecular complexity index is 749. The van der Waals surface area contributed by atoms with Gasteiger partial charge in [0.15, 0.2) is 5.96 Å². The molecule has 1 atom stereocenters. The third kappa shape index (κ3) is 7.13. The molecule has 2 heterocycles. The molecule has 0 saturated carbocycles. The number of halogens is 2. The zero-order chi connectivity index (χ0) is 19.8. The smallest absolute Gasteiger partial charge is 0.191 e. The molecule has 1 fully saturated rings. The number of aliphatic imine (C=N–C) groups is 1. The number of ether oxygens (including phenoxy) is 1. The number of guanidine groups is 1. The number of aromatic nitrogens is 2. The number of hydrogen-bond donors (Lipinski definition) is 3. The van der Waals surface area contributed by atoms with Crippen molar-refractivity contribution in [3.8, 4) is 0 Å². The lowest BCUT2D eigenvalue weighted by Gasteiger charge is -2.30. The van der Waals surface area contributed by atoms with Crippen molar-refractivity contribution < 1.29 is 9.84 Å². The lowest BCUT2D eigenvalue weighted by molar-refractivity contribution is -0.0565. The predicted octanol–water partition coefficient (Wildman–Crippen LogP) is 2.84. The summed E-state index contributed by atoms with van der Waals surface area (Å²) in [5, 5.41) is 22.4. The van der Waals surface area contributed by atoms with Crippen LogP contribution in [-0.2, 0) is 4.74 Å². The van der Waals surface area contributed by atoms with Gasteiger partial charge in [0.05, 0.1) is 18.2 Å². The molecule has 9 heteroatoms. The summed E-state index contributed by atoms with van der Waals surface area (Å²) < 4.78 is 7.25. The van der Waals surface area contributed by atoms with E-state index >= 15 is 0 Å². The fraction of sp³-hybridized carbons (Fsp3) is 0.500. The Morgan fingerprint density at radius 1 is 1.31 bits per heavy atom. The molecule has 0 spiro atoms. The van der Waals surface area contributed by atoms with Crippen LogP contribution in [0.5, 0.6) is 0 Å². The van der Waals surface area contributed by atoms with Gasteiger partial charge in [0, 0.05) is 56.6 Å². The zero-order valence-electron chi connectivity index (χ0n) is 16.6. The van der Waals surface area contributed by atoms with E-state index < -0.39 is 5.60 Å². The Morgan fingerprint density at radius 2 is 2.03 bits per heavy atom. The minimum Gasteiger partial charge on any atom is -0.388 e. The molecule has 0 amide bonds. The lowest BCUT2D eigenvalue weighted by Crippen LogP contribution is -2.43. The molecule has 0 radical (unpaired) electrons. The number of hydrogen-bond acceptors (Lipinski definition) is 4. The van der Waals surface area contributed by atoms with Gasteiger partial charge in [-0.25, -0.2) is 0 Å². The van der Waals surface area contributed by atoms with E-state index in [-0.39, 0.29) is 30.0 Å². The summed E-state index contributed by atoms with van der Waals surface area (Å²) >= 11 is 6.04. The maximum Gasteiger partial charge on any atom is 0.191 e. The summed E-state index contributed by atoms with van der Waals surface area (Å²) in [4.78, 5) is 4.61. The van der Waals surface area contributed by atoms with Gasteiger partial charge >= 0.3 is 0 Å². The van der Waals surface area contributed by atoms with E-state index in [0.717, 1.165) is 12.1 Å². The van der Waals surface area contributed by atoms with Gasteiger partial charge in [0.2, 0.25) is 0 Å². The van der Waals surface area contributed by atoms with Gasteiger partial charge in [-0.3, -0.25) is 9.67 Å². The summed E-state index contributed by atoms with van der Waals surface area (Å²) in [5.74, 6) is 0.675. The van der Waals surface area contributed by atoms with E-state index in [9.17, 15) is 5.11 Å². The normalized spacial score (nSPS) is 17.3. The van der Waals surface area contributed by atoms with E-state index in [4.69, 9.17) is 16.3 Å². The molecule has 160 valence electrons. The molecule has 0 aliphatic carbocycles. The highest BCUT2D eigenvalue weighted by Crippen LogP contribution is 2.21. The van der Waals surface area contributed by atoms with Crippen LogP contribution in [0.1, 0.15) is 31.4 Å². The van der Waals surface area contributed by atoms with E-state index in [1.807, 2.05) is 48.1 Å². The maximum absolute atomic E-state index is 10.7. The van der Waals surface area contributed by atoms with Crippen molar-refractivity contribution >= 4 is 41.5 Å². The van der Waals surface area contributed by atoms with Crippen LogP contribution in [0.25, 0.3) is 0 Å². The lowest BCUT2D eigenvalue weighted by atomic mass is 9.95. The Hall–Kier alpha value is -1.36. The first-order valence-electron chi connectivity index (χ1n) is 9.66. The van der Waals surface area contributed by atoms with E-state index in [0.29, 0.717) is 50.1 Å². The quantitative estimate of drug-likeness (QED) is 0.290. The van der Waals surface area contributed by atoms with Gasteiger partial charge in [-0.2, -0.15) is 5.10 Å². The topological polar surface area (TPSA) is 83.7 Å². The van der Waals surface area contributed by atoms with Crippen molar-refractivity contribution in [2.45, 2.75) is 31.4 Å². The molecule has 29 heavy (non-hydrogen) atoms. The molecule has 1 aromatic heterocycles. The van der Waals surface area contributed by atoms with Crippen LogP contribution in [0.3, 0.4) is 0 Å². The SMILES string of the molecule is CCNC(=NCC1(O)CCOCC1)NCC(c1ccc(Cl)cc1)n1cccn1.I. The van der Waals surface area contributed by atoms with Crippen molar-refractivity contribution in [3.63, 3.8) is 0 Å². The summed E-state index contributed by atoms with van der Waals surface area (Å²) in [7, 11) is 0. The Kier molecular flexibility index (Phi) is 9.67. The van der Waals surface area contributed by atoms with Gasteiger partial charge in [-0.05, 0) is 30.7 Å². The molecular formula is C20H29ClIN5O2. The van der Waals surface area contributed by atoms with Crippen LogP contribution in [-0.4, -0.2) is 59.3 Å².